The molecule has 94 valence electrons. The molecule has 2 aromatic rings. The average molecular weight is 243 g/mol. The maximum absolute atomic E-state index is 8.97. The number of nitrogens with zero attached hydrogens (tertiary/aromatic N) is 3. The molecule has 0 aliphatic heterocycles. The number of aliphatic hydroxyl groups is 1. The summed E-state index contributed by atoms with van der Waals surface area (Å²) in [6, 6.07) is 10.2. The van der Waals surface area contributed by atoms with Crippen molar-refractivity contribution in [3.63, 3.8) is 0 Å². The predicted molar refractivity (Wildman–Crippen MR) is 71.1 cm³/mol. The van der Waals surface area contributed by atoms with Crippen LogP contribution in [-0.4, -0.2) is 21.6 Å². The highest BCUT2D eigenvalue weighted by Crippen LogP contribution is 2.11. The molecule has 0 aliphatic rings. The normalized spacial score (nSPS) is 10.3. The van der Waals surface area contributed by atoms with Crippen LogP contribution >= 0.6 is 0 Å². The molecule has 1 N–H and O–H groups in total. The van der Waals surface area contributed by atoms with Crippen molar-refractivity contribution in [2.45, 2.75) is 20.1 Å². The van der Waals surface area contributed by atoms with E-state index in [1.165, 1.54) is 5.56 Å². The van der Waals surface area contributed by atoms with Gasteiger partial charge >= 0.3 is 0 Å². The van der Waals surface area contributed by atoms with Gasteiger partial charge in [-0.3, -0.25) is 0 Å². The van der Waals surface area contributed by atoms with Crippen molar-refractivity contribution in [2.75, 3.05) is 11.4 Å². The summed E-state index contributed by atoms with van der Waals surface area (Å²) in [7, 11) is 0. The zero-order valence-electron chi connectivity index (χ0n) is 10.5. The highest BCUT2D eigenvalue weighted by molar-refractivity contribution is 5.32. The van der Waals surface area contributed by atoms with Crippen LogP contribution in [0.2, 0.25) is 0 Å². The van der Waals surface area contributed by atoms with Gasteiger partial charge in [-0.25, -0.2) is 9.97 Å². The van der Waals surface area contributed by atoms with Gasteiger partial charge in [0.15, 0.2) is 0 Å². The summed E-state index contributed by atoms with van der Waals surface area (Å²) < 4.78 is 0. The molecule has 0 amide bonds. The van der Waals surface area contributed by atoms with E-state index in [2.05, 4.69) is 33.9 Å². The first-order chi connectivity index (χ1) is 8.83. The average Bonchev–Trinajstić information content (AvgIpc) is 2.46. The number of anilines is 1. The standard InChI is InChI=1S/C14H17N3O/c1-2-17(10-12-6-4-3-5-7-12)14-15-8-13(11-18)9-16-14/h3-9,18H,2,10-11H2,1H3. The smallest absolute Gasteiger partial charge is 0.225 e. The van der Waals surface area contributed by atoms with Crippen LogP contribution in [0.15, 0.2) is 42.7 Å². The lowest BCUT2D eigenvalue weighted by Gasteiger charge is -2.20. The quantitative estimate of drug-likeness (QED) is 0.872. The zero-order chi connectivity index (χ0) is 12.8. The molecule has 1 aromatic heterocycles. The summed E-state index contributed by atoms with van der Waals surface area (Å²) in [5.41, 5.74) is 1.96. The highest BCUT2D eigenvalue weighted by atomic mass is 16.3. The Kier molecular flexibility index (Phi) is 4.25. The molecule has 0 unspecified atom stereocenters. The molecule has 4 nitrogen and oxygen atoms in total. The monoisotopic (exact) mass is 243 g/mol. The third-order valence-electron chi connectivity index (χ3n) is 2.76. The molecule has 1 heterocycles. The van der Waals surface area contributed by atoms with E-state index >= 15 is 0 Å². The lowest BCUT2D eigenvalue weighted by Crippen LogP contribution is -2.24. The number of rotatable bonds is 5. The van der Waals surface area contributed by atoms with E-state index in [9.17, 15) is 0 Å². The Labute approximate surface area is 107 Å². The molecule has 0 atom stereocenters. The number of hydrogen-bond acceptors (Lipinski definition) is 4. The minimum absolute atomic E-state index is 0.0227. The first-order valence-corrected chi connectivity index (χ1v) is 6.04. The maximum atomic E-state index is 8.97. The highest BCUT2D eigenvalue weighted by Gasteiger charge is 2.07. The molecule has 0 saturated heterocycles. The van der Waals surface area contributed by atoms with Gasteiger partial charge in [0.2, 0.25) is 5.95 Å². The second-order valence-corrected chi connectivity index (χ2v) is 4.05. The van der Waals surface area contributed by atoms with Crippen molar-refractivity contribution in [2.24, 2.45) is 0 Å². The third kappa shape index (κ3) is 3.05. The van der Waals surface area contributed by atoms with E-state index in [1.54, 1.807) is 12.4 Å². The summed E-state index contributed by atoms with van der Waals surface area (Å²) >= 11 is 0. The number of hydrogen-bond donors (Lipinski definition) is 1. The molecule has 0 bridgehead atoms. The fourth-order valence-corrected chi connectivity index (χ4v) is 1.72. The van der Waals surface area contributed by atoms with Gasteiger partial charge in [-0.1, -0.05) is 30.3 Å². The molecule has 0 radical (unpaired) electrons. The largest absolute Gasteiger partial charge is 0.392 e. The topological polar surface area (TPSA) is 49.2 Å². The van der Waals surface area contributed by atoms with Crippen LogP contribution < -0.4 is 4.90 Å². The molecule has 1 aromatic carbocycles. The third-order valence-corrected chi connectivity index (χ3v) is 2.76. The van der Waals surface area contributed by atoms with Crippen molar-refractivity contribution < 1.29 is 5.11 Å². The van der Waals surface area contributed by atoms with Crippen LogP contribution in [0.3, 0.4) is 0 Å². The summed E-state index contributed by atoms with van der Waals surface area (Å²) in [6.45, 7) is 3.68. The minimum atomic E-state index is -0.0227. The van der Waals surface area contributed by atoms with Crippen molar-refractivity contribution in [3.05, 3.63) is 53.9 Å². The molecule has 0 aliphatic carbocycles. The zero-order valence-corrected chi connectivity index (χ0v) is 10.5. The summed E-state index contributed by atoms with van der Waals surface area (Å²) in [5.74, 6) is 0.693. The summed E-state index contributed by atoms with van der Waals surface area (Å²) in [6.07, 6.45) is 3.33. The van der Waals surface area contributed by atoms with E-state index in [0.717, 1.165) is 18.7 Å². The van der Waals surface area contributed by atoms with Crippen molar-refractivity contribution in [1.82, 2.24) is 9.97 Å². The van der Waals surface area contributed by atoms with Gasteiger partial charge in [-0.15, -0.1) is 0 Å². The van der Waals surface area contributed by atoms with Gasteiger partial charge in [-0.05, 0) is 12.5 Å². The van der Waals surface area contributed by atoms with E-state index in [1.807, 2.05) is 18.2 Å². The Hall–Kier alpha value is -1.94. The van der Waals surface area contributed by atoms with E-state index < -0.39 is 0 Å². The van der Waals surface area contributed by atoms with Crippen LogP contribution in [0.25, 0.3) is 0 Å². The van der Waals surface area contributed by atoms with Crippen molar-refractivity contribution in [1.29, 1.82) is 0 Å². The van der Waals surface area contributed by atoms with Gasteiger partial charge in [0.1, 0.15) is 0 Å². The van der Waals surface area contributed by atoms with Crippen LogP contribution in [-0.2, 0) is 13.2 Å². The number of benzene rings is 1. The molecule has 18 heavy (non-hydrogen) atoms. The Morgan fingerprint density at radius 2 is 1.72 bits per heavy atom. The van der Waals surface area contributed by atoms with Gasteiger partial charge in [0.05, 0.1) is 6.61 Å². The molecule has 2 rings (SSSR count). The Morgan fingerprint density at radius 1 is 1.06 bits per heavy atom. The first-order valence-electron chi connectivity index (χ1n) is 6.04. The fourth-order valence-electron chi connectivity index (χ4n) is 1.72. The fraction of sp³-hybridized carbons (Fsp3) is 0.286. The molecule has 0 saturated carbocycles. The van der Waals surface area contributed by atoms with Crippen molar-refractivity contribution in [3.8, 4) is 0 Å². The Bertz CT molecular complexity index is 470. The van der Waals surface area contributed by atoms with Crippen LogP contribution in [0.4, 0.5) is 5.95 Å². The summed E-state index contributed by atoms with van der Waals surface area (Å²) in [4.78, 5) is 10.6. The van der Waals surface area contributed by atoms with Crippen LogP contribution in [0.1, 0.15) is 18.1 Å². The predicted octanol–water partition coefficient (Wildman–Crippen LogP) is 2.00. The Balaban J connectivity index is 2.12. The number of aliphatic hydroxyl groups excluding tert-OH is 1. The molecule has 0 fully saturated rings. The van der Waals surface area contributed by atoms with Gasteiger partial charge in [0, 0.05) is 31.0 Å². The SMILES string of the molecule is CCN(Cc1ccccc1)c1ncc(CO)cn1. The molecule has 0 spiro atoms. The first kappa shape index (κ1) is 12.5. The Morgan fingerprint density at radius 3 is 2.28 bits per heavy atom. The van der Waals surface area contributed by atoms with Crippen LogP contribution in [0.5, 0.6) is 0 Å². The second-order valence-electron chi connectivity index (χ2n) is 4.05. The van der Waals surface area contributed by atoms with E-state index in [0.29, 0.717) is 5.95 Å². The number of aromatic nitrogens is 2. The van der Waals surface area contributed by atoms with Crippen molar-refractivity contribution >= 4 is 5.95 Å². The molecular formula is C14H17N3O. The van der Waals surface area contributed by atoms with Gasteiger partial charge < -0.3 is 10.0 Å². The van der Waals surface area contributed by atoms with Crippen LogP contribution in [0, 0.1) is 0 Å². The molecule has 4 heteroatoms. The summed E-state index contributed by atoms with van der Waals surface area (Å²) in [5, 5.41) is 8.97. The lowest BCUT2D eigenvalue weighted by molar-refractivity contribution is 0.281. The van der Waals surface area contributed by atoms with Gasteiger partial charge in [0.25, 0.3) is 0 Å². The maximum Gasteiger partial charge on any atom is 0.225 e. The molecular weight excluding hydrogens is 226 g/mol. The lowest BCUT2D eigenvalue weighted by atomic mass is 10.2. The second kappa shape index (κ2) is 6.12. The van der Waals surface area contributed by atoms with Gasteiger partial charge in [-0.2, -0.15) is 0 Å². The minimum Gasteiger partial charge on any atom is -0.392 e. The van der Waals surface area contributed by atoms with E-state index in [-0.39, 0.29) is 6.61 Å². The van der Waals surface area contributed by atoms with E-state index in [4.69, 9.17) is 5.11 Å².